The number of fused-ring (bicyclic) bond motifs is 1. The number of nitrogens with one attached hydrogen (secondary N) is 1. The normalized spacial score (nSPS) is 17.8. The summed E-state index contributed by atoms with van der Waals surface area (Å²) in [4.78, 5) is 21.8. The van der Waals surface area contributed by atoms with Gasteiger partial charge in [0.05, 0.1) is 10.7 Å². The van der Waals surface area contributed by atoms with Gasteiger partial charge in [0.2, 0.25) is 0 Å². The summed E-state index contributed by atoms with van der Waals surface area (Å²) in [7, 11) is 0. The molecule has 2 N–H and O–H groups in total. The van der Waals surface area contributed by atoms with Gasteiger partial charge < -0.3 is 10.1 Å². The molecule has 1 aromatic carbocycles. The SMILES string of the molecule is O=c1[nH]c(C2CC2)nc2c1CCN(Cc1cc(F)cc(Cl)c1O)C2. The Hall–Kier alpha value is -1.92. The molecule has 2 aromatic rings. The number of phenols is 1. The minimum atomic E-state index is -0.476. The summed E-state index contributed by atoms with van der Waals surface area (Å²) >= 11 is 5.83. The highest BCUT2D eigenvalue weighted by Gasteiger charge is 2.29. The van der Waals surface area contributed by atoms with Gasteiger partial charge in [-0.1, -0.05) is 11.6 Å². The van der Waals surface area contributed by atoms with E-state index >= 15 is 0 Å². The number of aromatic nitrogens is 2. The number of rotatable bonds is 3. The van der Waals surface area contributed by atoms with Gasteiger partial charge in [-0.2, -0.15) is 0 Å². The predicted molar refractivity (Wildman–Crippen MR) is 87.7 cm³/mol. The van der Waals surface area contributed by atoms with E-state index in [-0.39, 0.29) is 16.3 Å². The molecule has 24 heavy (non-hydrogen) atoms. The Bertz CT molecular complexity index is 864. The second-order valence-electron chi connectivity index (χ2n) is 6.51. The molecule has 0 bridgehead atoms. The van der Waals surface area contributed by atoms with Gasteiger partial charge in [0.15, 0.2) is 0 Å². The lowest BCUT2D eigenvalue weighted by atomic mass is 10.0. The summed E-state index contributed by atoms with van der Waals surface area (Å²) < 4.78 is 13.5. The third-order valence-electron chi connectivity index (χ3n) is 4.64. The predicted octanol–water partition coefficient (Wildman–Crippen LogP) is 2.70. The van der Waals surface area contributed by atoms with Crippen molar-refractivity contribution in [2.45, 2.75) is 38.3 Å². The van der Waals surface area contributed by atoms with Gasteiger partial charge in [-0.05, 0) is 31.4 Å². The lowest BCUT2D eigenvalue weighted by molar-refractivity contribution is 0.236. The van der Waals surface area contributed by atoms with Crippen molar-refractivity contribution in [1.82, 2.24) is 14.9 Å². The maximum atomic E-state index is 13.5. The van der Waals surface area contributed by atoms with E-state index in [0.29, 0.717) is 37.5 Å². The minimum Gasteiger partial charge on any atom is -0.506 e. The summed E-state index contributed by atoms with van der Waals surface area (Å²) in [6.07, 6.45) is 2.73. The van der Waals surface area contributed by atoms with Crippen LogP contribution in [0.5, 0.6) is 5.75 Å². The topological polar surface area (TPSA) is 69.2 Å². The van der Waals surface area contributed by atoms with E-state index in [1.807, 2.05) is 4.90 Å². The zero-order valence-electron chi connectivity index (χ0n) is 13.0. The molecule has 1 aliphatic heterocycles. The first-order valence-electron chi connectivity index (χ1n) is 8.02. The average Bonchev–Trinajstić information content (AvgIpc) is 3.36. The molecule has 0 unspecified atom stereocenters. The summed E-state index contributed by atoms with van der Waals surface area (Å²) in [6.45, 7) is 1.51. The Morgan fingerprint density at radius 2 is 2.21 bits per heavy atom. The van der Waals surface area contributed by atoms with E-state index in [1.165, 1.54) is 6.07 Å². The monoisotopic (exact) mass is 349 g/mol. The second kappa shape index (κ2) is 5.86. The molecule has 0 spiro atoms. The van der Waals surface area contributed by atoms with Gasteiger partial charge in [-0.15, -0.1) is 0 Å². The number of halogens is 2. The smallest absolute Gasteiger partial charge is 0.254 e. The number of aromatic hydroxyl groups is 1. The molecule has 2 heterocycles. The van der Waals surface area contributed by atoms with E-state index in [0.717, 1.165) is 36.0 Å². The van der Waals surface area contributed by atoms with Crippen LogP contribution in [0, 0.1) is 5.82 Å². The molecule has 4 rings (SSSR count). The number of phenolic OH excluding ortho intramolecular Hbond substituents is 1. The molecular formula is C17H17ClFN3O2. The van der Waals surface area contributed by atoms with Gasteiger partial charge in [-0.25, -0.2) is 9.37 Å². The number of hydrogen-bond donors (Lipinski definition) is 2. The summed E-state index contributed by atoms with van der Waals surface area (Å²) in [5.41, 5.74) is 1.92. The molecule has 5 nitrogen and oxygen atoms in total. The van der Waals surface area contributed by atoms with Gasteiger partial charge >= 0.3 is 0 Å². The van der Waals surface area contributed by atoms with Crippen molar-refractivity contribution >= 4 is 11.6 Å². The number of aromatic amines is 1. The maximum absolute atomic E-state index is 13.5. The largest absolute Gasteiger partial charge is 0.506 e. The molecule has 126 valence electrons. The number of H-pyrrole nitrogens is 1. The quantitative estimate of drug-likeness (QED) is 0.894. The molecular weight excluding hydrogens is 333 g/mol. The van der Waals surface area contributed by atoms with Crippen molar-refractivity contribution in [3.63, 3.8) is 0 Å². The first-order chi connectivity index (χ1) is 11.5. The molecule has 1 aliphatic carbocycles. The fourth-order valence-corrected chi connectivity index (χ4v) is 3.40. The maximum Gasteiger partial charge on any atom is 0.254 e. The van der Waals surface area contributed by atoms with Gasteiger partial charge in [0.25, 0.3) is 5.56 Å². The minimum absolute atomic E-state index is 0.00741. The van der Waals surface area contributed by atoms with Crippen molar-refractivity contribution in [1.29, 1.82) is 0 Å². The fourth-order valence-electron chi connectivity index (χ4n) is 3.18. The van der Waals surface area contributed by atoms with Crippen molar-refractivity contribution in [2.24, 2.45) is 0 Å². The van der Waals surface area contributed by atoms with Crippen LogP contribution in [-0.2, 0) is 19.5 Å². The standard InChI is InChI=1S/C17H17ClFN3O2/c18-13-6-11(19)5-10(15(13)23)7-22-4-3-12-14(8-22)20-16(9-1-2-9)21-17(12)24/h5-6,9,23H,1-4,7-8H2,(H,20,21,24). The lowest BCUT2D eigenvalue weighted by Crippen LogP contribution is -2.35. The van der Waals surface area contributed by atoms with E-state index in [9.17, 15) is 14.3 Å². The molecule has 2 aliphatic rings. The highest BCUT2D eigenvalue weighted by Crippen LogP contribution is 2.38. The molecule has 0 saturated heterocycles. The van der Waals surface area contributed by atoms with Gasteiger partial charge in [0.1, 0.15) is 17.4 Å². The van der Waals surface area contributed by atoms with Crippen molar-refractivity contribution in [3.8, 4) is 5.75 Å². The van der Waals surface area contributed by atoms with Crippen LogP contribution in [0.25, 0.3) is 0 Å². The van der Waals surface area contributed by atoms with Gasteiger partial charge in [0, 0.05) is 36.7 Å². The van der Waals surface area contributed by atoms with Crippen LogP contribution in [-0.4, -0.2) is 26.5 Å². The third kappa shape index (κ3) is 2.91. The third-order valence-corrected chi connectivity index (χ3v) is 4.92. The number of nitrogens with zero attached hydrogens (tertiary/aromatic N) is 2. The Morgan fingerprint density at radius 1 is 1.42 bits per heavy atom. The lowest BCUT2D eigenvalue weighted by Gasteiger charge is -2.28. The Kier molecular flexibility index (Phi) is 3.81. The molecule has 7 heteroatoms. The Morgan fingerprint density at radius 3 is 2.96 bits per heavy atom. The van der Waals surface area contributed by atoms with Crippen molar-refractivity contribution in [2.75, 3.05) is 6.54 Å². The van der Waals surface area contributed by atoms with E-state index in [4.69, 9.17) is 11.6 Å². The summed E-state index contributed by atoms with van der Waals surface area (Å²) in [5.74, 6) is 0.582. The van der Waals surface area contributed by atoms with Crippen LogP contribution in [0.3, 0.4) is 0 Å². The summed E-state index contributed by atoms with van der Waals surface area (Å²) in [6, 6.07) is 2.38. The van der Waals surface area contributed by atoms with Crippen LogP contribution in [0.4, 0.5) is 4.39 Å². The van der Waals surface area contributed by atoms with E-state index in [1.54, 1.807) is 0 Å². The van der Waals surface area contributed by atoms with Crippen LogP contribution < -0.4 is 5.56 Å². The van der Waals surface area contributed by atoms with Crippen molar-refractivity contribution in [3.05, 3.63) is 56.0 Å². The van der Waals surface area contributed by atoms with E-state index < -0.39 is 5.82 Å². The number of hydrogen-bond acceptors (Lipinski definition) is 4. The van der Waals surface area contributed by atoms with Gasteiger partial charge in [-0.3, -0.25) is 9.69 Å². The molecule has 1 saturated carbocycles. The summed E-state index contributed by atoms with van der Waals surface area (Å²) in [5, 5.41) is 10.0. The zero-order chi connectivity index (χ0) is 16.8. The molecule has 0 radical (unpaired) electrons. The molecule has 1 aromatic heterocycles. The first kappa shape index (κ1) is 15.6. The highest BCUT2D eigenvalue weighted by molar-refractivity contribution is 6.32. The van der Waals surface area contributed by atoms with Crippen LogP contribution in [0.15, 0.2) is 16.9 Å². The Labute approximate surface area is 143 Å². The average molecular weight is 350 g/mol. The van der Waals surface area contributed by atoms with Crippen LogP contribution in [0.2, 0.25) is 5.02 Å². The molecule has 0 amide bonds. The van der Waals surface area contributed by atoms with E-state index in [2.05, 4.69) is 9.97 Å². The highest BCUT2D eigenvalue weighted by atomic mass is 35.5. The zero-order valence-corrected chi connectivity index (χ0v) is 13.7. The number of benzene rings is 1. The Balaban J connectivity index is 1.59. The first-order valence-corrected chi connectivity index (χ1v) is 8.40. The molecule has 0 atom stereocenters. The second-order valence-corrected chi connectivity index (χ2v) is 6.91. The van der Waals surface area contributed by atoms with Crippen LogP contribution in [0.1, 0.15) is 41.4 Å². The fraction of sp³-hybridized carbons (Fsp3) is 0.412. The van der Waals surface area contributed by atoms with Crippen molar-refractivity contribution < 1.29 is 9.50 Å². The van der Waals surface area contributed by atoms with Crippen LogP contribution >= 0.6 is 11.6 Å². The molecule has 1 fully saturated rings.